The average molecular weight is 1150 g/mol. The summed E-state index contributed by atoms with van der Waals surface area (Å²) in [6, 6.07) is 78.3. The summed E-state index contributed by atoms with van der Waals surface area (Å²) in [5.41, 5.74) is 21.4. The zero-order valence-electron chi connectivity index (χ0n) is 53.8. The van der Waals surface area contributed by atoms with E-state index in [4.69, 9.17) is 4.42 Å². The van der Waals surface area contributed by atoms with E-state index in [0.29, 0.717) is 17.5 Å². The third-order valence-corrected chi connectivity index (χ3v) is 18.6. The van der Waals surface area contributed by atoms with Gasteiger partial charge in [-0.05, 0) is 166 Å². The number of phenolic OH excluding ortho intramolecular Hbond substituents is 1. The third-order valence-electron chi connectivity index (χ3n) is 18.6. The van der Waals surface area contributed by atoms with Gasteiger partial charge in [0, 0.05) is 44.0 Å². The van der Waals surface area contributed by atoms with Crippen LogP contribution in [0.3, 0.4) is 0 Å². The van der Waals surface area contributed by atoms with Gasteiger partial charge >= 0.3 is 0 Å². The molecule has 0 aliphatic heterocycles. The van der Waals surface area contributed by atoms with E-state index in [2.05, 4.69) is 319 Å². The number of anilines is 6. The first-order chi connectivity index (χ1) is 42.2. The predicted molar refractivity (Wildman–Crippen MR) is 379 cm³/mol. The molecule has 4 nitrogen and oxygen atoms in total. The zero-order valence-corrected chi connectivity index (χ0v) is 53.8. The maximum atomic E-state index is 13.2. The van der Waals surface area contributed by atoms with E-state index in [0.717, 1.165) is 83.4 Å². The van der Waals surface area contributed by atoms with Crippen LogP contribution in [-0.4, -0.2) is 5.11 Å². The highest BCUT2D eigenvalue weighted by molar-refractivity contribution is 6.30. The SMILES string of the molecule is CC(C)c1ccccc1-c1cccc(-c2cccc(N(c3ccc(C(C)(C)C)cc3)c3cc(C(C)C)c4ccc5c(N(c6ccc(C(C)(C)C)cc6)c6cccc7c6oc6c(-c8ccccc8C(C)C)cccc67)cc(C(C)C)c6ccc3c4c65)c2O)c1. The van der Waals surface area contributed by atoms with Crippen molar-refractivity contribution < 1.29 is 9.52 Å². The van der Waals surface area contributed by atoms with Crippen LogP contribution in [0, 0.1) is 0 Å². The van der Waals surface area contributed by atoms with Gasteiger partial charge in [0.25, 0.3) is 0 Å². The number of hydrogen-bond donors (Lipinski definition) is 1. The molecule has 88 heavy (non-hydrogen) atoms. The molecule has 0 bridgehead atoms. The Morgan fingerprint density at radius 1 is 0.318 bits per heavy atom. The monoisotopic (exact) mass is 1150 g/mol. The molecule has 0 saturated heterocycles. The van der Waals surface area contributed by atoms with E-state index in [1.54, 1.807) is 0 Å². The Labute approximate surface area is 521 Å². The highest BCUT2D eigenvalue weighted by atomic mass is 16.3. The van der Waals surface area contributed by atoms with Crippen molar-refractivity contribution in [2.45, 2.75) is 131 Å². The van der Waals surface area contributed by atoms with Crippen LogP contribution in [0.4, 0.5) is 34.1 Å². The number of rotatable bonds is 13. The van der Waals surface area contributed by atoms with Gasteiger partial charge in [0.1, 0.15) is 11.3 Å². The smallest absolute Gasteiger partial charge is 0.159 e. The topological polar surface area (TPSA) is 39.9 Å². The summed E-state index contributed by atoms with van der Waals surface area (Å²) in [6.07, 6.45) is 0. The molecule has 1 N–H and O–H groups in total. The van der Waals surface area contributed by atoms with Gasteiger partial charge in [-0.15, -0.1) is 0 Å². The zero-order chi connectivity index (χ0) is 61.7. The van der Waals surface area contributed by atoms with Crippen LogP contribution in [0.1, 0.15) is 154 Å². The molecular weight excluding hydrogens is 1070 g/mol. The fourth-order valence-electron chi connectivity index (χ4n) is 13.9. The van der Waals surface area contributed by atoms with Crippen LogP contribution >= 0.6 is 0 Å². The first kappa shape index (κ1) is 57.9. The molecule has 0 fully saturated rings. The molecule has 0 saturated carbocycles. The van der Waals surface area contributed by atoms with Crippen LogP contribution in [0.25, 0.3) is 87.6 Å². The van der Waals surface area contributed by atoms with Gasteiger partial charge in [-0.25, -0.2) is 0 Å². The van der Waals surface area contributed by atoms with Crippen molar-refractivity contribution in [3.63, 3.8) is 0 Å². The highest BCUT2D eigenvalue weighted by Crippen LogP contribution is 2.54. The quantitative estimate of drug-likeness (QED) is 0.117. The highest BCUT2D eigenvalue weighted by Gasteiger charge is 2.30. The van der Waals surface area contributed by atoms with Crippen LogP contribution < -0.4 is 9.80 Å². The maximum Gasteiger partial charge on any atom is 0.159 e. The van der Waals surface area contributed by atoms with E-state index in [1.165, 1.54) is 66.1 Å². The van der Waals surface area contributed by atoms with E-state index in [-0.39, 0.29) is 28.4 Å². The van der Waals surface area contributed by atoms with Crippen molar-refractivity contribution in [2.24, 2.45) is 0 Å². The van der Waals surface area contributed by atoms with Crippen molar-refractivity contribution in [1.29, 1.82) is 0 Å². The first-order valence-corrected chi connectivity index (χ1v) is 31.8. The molecule has 13 rings (SSSR count). The maximum absolute atomic E-state index is 13.2. The van der Waals surface area contributed by atoms with Crippen LogP contribution in [-0.2, 0) is 10.8 Å². The van der Waals surface area contributed by atoms with Crippen molar-refractivity contribution in [1.82, 2.24) is 0 Å². The van der Waals surface area contributed by atoms with Gasteiger partial charge in [0.05, 0.1) is 22.7 Å². The van der Waals surface area contributed by atoms with Crippen LogP contribution in [0.15, 0.2) is 217 Å². The van der Waals surface area contributed by atoms with Crippen LogP contribution in [0.2, 0.25) is 0 Å². The van der Waals surface area contributed by atoms with Gasteiger partial charge in [0.15, 0.2) is 5.58 Å². The molecule has 1 aromatic heterocycles. The minimum Gasteiger partial charge on any atom is -0.505 e. The average Bonchev–Trinajstić information content (AvgIpc) is 0.928. The number of hydrogen-bond acceptors (Lipinski definition) is 4. The molecule has 0 aliphatic carbocycles. The lowest BCUT2D eigenvalue weighted by Crippen LogP contribution is -2.15. The van der Waals surface area contributed by atoms with E-state index < -0.39 is 0 Å². The second-order valence-corrected chi connectivity index (χ2v) is 27.8. The number of nitrogens with zero attached hydrogens (tertiary/aromatic N) is 2. The number of para-hydroxylation sites is 3. The fraction of sp³-hybridized carbons (Fsp3) is 0.238. The Morgan fingerprint density at radius 2 is 0.716 bits per heavy atom. The summed E-state index contributed by atoms with van der Waals surface area (Å²) in [7, 11) is 0. The molecule has 440 valence electrons. The van der Waals surface area contributed by atoms with Crippen molar-refractivity contribution in [2.75, 3.05) is 9.80 Å². The lowest BCUT2D eigenvalue weighted by atomic mass is 9.83. The van der Waals surface area contributed by atoms with Crippen molar-refractivity contribution in [3.8, 4) is 39.1 Å². The van der Waals surface area contributed by atoms with Crippen molar-refractivity contribution in [3.05, 3.63) is 246 Å². The Hall–Kier alpha value is -9.12. The fourth-order valence-corrected chi connectivity index (χ4v) is 13.9. The number of furan rings is 1. The minimum absolute atomic E-state index is 0.0414. The summed E-state index contributed by atoms with van der Waals surface area (Å²) in [5.74, 6) is 1.26. The molecule has 1 heterocycles. The van der Waals surface area contributed by atoms with E-state index in [1.807, 2.05) is 0 Å². The molecule has 13 aromatic rings. The molecule has 0 aliphatic rings. The van der Waals surface area contributed by atoms with Gasteiger partial charge < -0.3 is 19.3 Å². The number of aromatic hydroxyl groups is 1. The standard InChI is InChI=1S/C84H82N2O2/c1-50(2)60-25-15-17-27-62(60)54-23-19-24-55(47-54)63-29-21-33-74(80(63)87)85(58-39-35-56(36-40-58)83(9,10)11)76-48-72(52(5)6)65-44-46-71-77(49-73(53(7)8)66-43-45-70(76)78(65)79(66)71)86(59-41-37-57(38-42-59)84(12,13)14)75-34-22-32-69-68-31-20-30-67(81(68)88-82(69)75)64-28-18-16-26-61(64)51(3)4/h15-53,87H,1-14H3. The summed E-state index contributed by atoms with van der Waals surface area (Å²) < 4.78 is 7.42. The minimum atomic E-state index is -0.0602. The second kappa shape index (κ2) is 22.2. The third kappa shape index (κ3) is 9.95. The summed E-state index contributed by atoms with van der Waals surface area (Å²) in [4.78, 5) is 4.80. The number of fused-ring (bicyclic) bond motifs is 3. The molecule has 0 unspecified atom stereocenters. The van der Waals surface area contributed by atoms with Crippen molar-refractivity contribution >= 4 is 88.4 Å². The molecular formula is C84H82N2O2. The molecule has 0 atom stereocenters. The Bertz CT molecular complexity index is 4770. The predicted octanol–water partition coefficient (Wildman–Crippen LogP) is 25.2. The first-order valence-electron chi connectivity index (χ1n) is 31.8. The molecule has 0 radical (unpaired) electrons. The van der Waals surface area contributed by atoms with Gasteiger partial charge in [-0.2, -0.15) is 0 Å². The lowest BCUT2D eigenvalue weighted by molar-refractivity contribution is 0.478. The Morgan fingerprint density at radius 3 is 1.24 bits per heavy atom. The molecule has 12 aromatic carbocycles. The van der Waals surface area contributed by atoms with Gasteiger partial charge in [0.2, 0.25) is 0 Å². The summed E-state index contributed by atoms with van der Waals surface area (Å²) in [5, 5.41) is 22.5. The van der Waals surface area contributed by atoms with Gasteiger partial charge in [-0.1, -0.05) is 255 Å². The molecule has 0 spiro atoms. The summed E-state index contributed by atoms with van der Waals surface area (Å²) in [6.45, 7) is 32.0. The normalized spacial score (nSPS) is 12.4. The second-order valence-electron chi connectivity index (χ2n) is 27.8. The van der Waals surface area contributed by atoms with E-state index >= 15 is 0 Å². The van der Waals surface area contributed by atoms with Crippen LogP contribution in [0.5, 0.6) is 5.75 Å². The molecule has 0 amide bonds. The lowest BCUT2D eigenvalue weighted by Gasteiger charge is -2.32. The number of benzene rings is 12. The Kier molecular flexibility index (Phi) is 14.6. The largest absolute Gasteiger partial charge is 0.505 e. The van der Waals surface area contributed by atoms with Gasteiger partial charge in [-0.3, -0.25) is 0 Å². The summed E-state index contributed by atoms with van der Waals surface area (Å²) >= 11 is 0. The number of phenols is 1. The Balaban J connectivity index is 1.09. The molecule has 4 heteroatoms. The van der Waals surface area contributed by atoms with E-state index in [9.17, 15) is 5.11 Å².